The third kappa shape index (κ3) is 5.32. The van der Waals surface area contributed by atoms with Crippen molar-refractivity contribution in [1.29, 1.82) is 0 Å². The molecule has 1 saturated carbocycles. The van der Waals surface area contributed by atoms with Crippen LogP contribution in [-0.4, -0.2) is 58.8 Å². The zero-order chi connectivity index (χ0) is 18.4. The first kappa shape index (κ1) is 19.0. The number of urea groups is 1. The summed E-state index contributed by atoms with van der Waals surface area (Å²) in [7, 11) is 0. The number of anilines is 1. The fourth-order valence-corrected chi connectivity index (χ4v) is 2.92. The molecule has 1 heterocycles. The van der Waals surface area contributed by atoms with E-state index in [2.05, 4.69) is 15.6 Å². The molecule has 0 atom stereocenters. The van der Waals surface area contributed by atoms with E-state index in [1.165, 1.54) is 0 Å². The monoisotopic (exact) mass is 350 g/mol. The molecular formula is C17H26N4O4. The van der Waals surface area contributed by atoms with Crippen LogP contribution in [0.2, 0.25) is 0 Å². The van der Waals surface area contributed by atoms with Gasteiger partial charge < -0.3 is 20.5 Å². The van der Waals surface area contributed by atoms with Gasteiger partial charge in [0.25, 0.3) is 0 Å². The van der Waals surface area contributed by atoms with Gasteiger partial charge in [-0.25, -0.2) is 9.78 Å². The van der Waals surface area contributed by atoms with Crippen LogP contribution < -0.4 is 15.4 Å². The molecule has 8 nitrogen and oxygen atoms in total. The molecule has 2 rings (SSSR count). The van der Waals surface area contributed by atoms with Gasteiger partial charge in [0.05, 0.1) is 13.2 Å². The molecule has 25 heavy (non-hydrogen) atoms. The van der Waals surface area contributed by atoms with Crippen LogP contribution in [0, 0.1) is 6.92 Å². The summed E-state index contributed by atoms with van der Waals surface area (Å²) in [6.45, 7) is 6.87. The molecule has 1 fully saturated rings. The molecule has 1 aromatic heterocycles. The van der Waals surface area contributed by atoms with Crippen molar-refractivity contribution in [3.8, 4) is 5.88 Å². The number of likely N-dealkylation sites (N-methyl/N-ethyl adjacent to an activating group) is 1. The molecule has 0 spiro atoms. The zero-order valence-electron chi connectivity index (χ0n) is 14.9. The number of hydrogen-bond donors (Lipinski definition) is 3. The second kappa shape index (κ2) is 8.66. The van der Waals surface area contributed by atoms with Crippen molar-refractivity contribution in [3.63, 3.8) is 0 Å². The van der Waals surface area contributed by atoms with Crippen LogP contribution in [0.25, 0.3) is 0 Å². The maximum absolute atomic E-state index is 12.2. The molecule has 1 aliphatic carbocycles. The summed E-state index contributed by atoms with van der Waals surface area (Å²) < 4.78 is 5.42. The molecule has 3 N–H and O–H groups in total. The quantitative estimate of drug-likeness (QED) is 0.661. The largest absolute Gasteiger partial charge is 0.480 e. The molecule has 0 aliphatic heterocycles. The Bertz CT molecular complexity index is 617. The van der Waals surface area contributed by atoms with Crippen molar-refractivity contribution in [2.75, 3.05) is 25.0 Å². The molecule has 8 heteroatoms. The van der Waals surface area contributed by atoms with E-state index in [0.717, 1.165) is 18.4 Å². The maximum atomic E-state index is 12.2. The number of amides is 2. The highest BCUT2D eigenvalue weighted by molar-refractivity contribution is 5.90. The van der Waals surface area contributed by atoms with E-state index in [1.54, 1.807) is 6.20 Å². The molecule has 2 amide bonds. The zero-order valence-corrected chi connectivity index (χ0v) is 14.9. The third-order valence-electron chi connectivity index (χ3n) is 4.23. The van der Waals surface area contributed by atoms with E-state index in [0.29, 0.717) is 24.7 Å². The fraction of sp³-hybridized carbons (Fsp3) is 0.588. The second-order valence-corrected chi connectivity index (χ2v) is 6.18. The summed E-state index contributed by atoms with van der Waals surface area (Å²) in [5, 5.41) is 14.6. The number of carbonyl (C=O) groups excluding carboxylic acids is 1. The lowest BCUT2D eigenvalue weighted by Crippen LogP contribution is -2.55. The second-order valence-electron chi connectivity index (χ2n) is 6.18. The average Bonchev–Trinajstić information content (AvgIpc) is 2.51. The van der Waals surface area contributed by atoms with Crippen molar-refractivity contribution in [2.24, 2.45) is 0 Å². The normalized spacial score (nSPS) is 19.2. The molecule has 0 radical (unpaired) electrons. The highest BCUT2D eigenvalue weighted by atomic mass is 16.5. The van der Waals surface area contributed by atoms with Gasteiger partial charge >= 0.3 is 12.0 Å². The van der Waals surface area contributed by atoms with Gasteiger partial charge in [-0.15, -0.1) is 0 Å². The number of pyridine rings is 1. The summed E-state index contributed by atoms with van der Waals surface area (Å²) >= 11 is 0. The van der Waals surface area contributed by atoms with Crippen molar-refractivity contribution in [3.05, 3.63) is 17.8 Å². The van der Waals surface area contributed by atoms with Crippen LogP contribution in [0.5, 0.6) is 5.88 Å². The van der Waals surface area contributed by atoms with Gasteiger partial charge in [0.15, 0.2) is 0 Å². The number of nitrogens with zero attached hydrogens (tertiary/aromatic N) is 2. The number of carbonyl (C=O) groups is 2. The minimum atomic E-state index is -0.827. The van der Waals surface area contributed by atoms with Gasteiger partial charge in [-0.2, -0.15) is 0 Å². The predicted molar refractivity (Wildman–Crippen MR) is 94.0 cm³/mol. The fourth-order valence-electron chi connectivity index (χ4n) is 2.92. The first-order chi connectivity index (χ1) is 11.9. The standard InChI is InChI=1S/C17H26N4O4/c1-4-21(10-15(22)23)13-7-12(8-13)19-17(24)20-14-6-11(3)9-18-16(14)25-5-2/h6,9,12-13H,4-5,7-8,10H2,1-3H3,(H,22,23)(H2,19,20,24). The number of rotatable bonds is 8. The Labute approximate surface area is 147 Å². The number of aliphatic carboxylic acids is 1. The van der Waals surface area contributed by atoms with Gasteiger partial charge in [0.2, 0.25) is 5.88 Å². The minimum Gasteiger partial charge on any atom is -0.480 e. The molecule has 0 aromatic carbocycles. The van der Waals surface area contributed by atoms with Crippen LogP contribution in [0.1, 0.15) is 32.3 Å². The maximum Gasteiger partial charge on any atom is 0.319 e. The van der Waals surface area contributed by atoms with Crippen LogP contribution in [0.4, 0.5) is 10.5 Å². The summed E-state index contributed by atoms with van der Waals surface area (Å²) in [4.78, 5) is 29.1. The van der Waals surface area contributed by atoms with E-state index < -0.39 is 5.97 Å². The summed E-state index contributed by atoms with van der Waals surface area (Å²) in [5.41, 5.74) is 1.46. The van der Waals surface area contributed by atoms with Crippen molar-refractivity contribution < 1.29 is 19.4 Å². The number of aromatic nitrogens is 1. The Hall–Kier alpha value is -2.35. The smallest absolute Gasteiger partial charge is 0.319 e. The van der Waals surface area contributed by atoms with Crippen LogP contribution in [0.3, 0.4) is 0 Å². The molecule has 0 bridgehead atoms. The van der Waals surface area contributed by atoms with Gasteiger partial charge in [-0.3, -0.25) is 9.69 Å². The molecular weight excluding hydrogens is 324 g/mol. The molecule has 0 unspecified atom stereocenters. The molecule has 0 saturated heterocycles. The first-order valence-corrected chi connectivity index (χ1v) is 8.55. The average molecular weight is 350 g/mol. The number of carboxylic acid groups (broad SMARTS) is 1. The summed E-state index contributed by atoms with van der Waals surface area (Å²) in [5.74, 6) is -0.431. The van der Waals surface area contributed by atoms with Crippen LogP contribution in [-0.2, 0) is 4.79 Å². The minimum absolute atomic E-state index is 0.0345. The number of aryl methyl sites for hydroxylation is 1. The lowest BCUT2D eigenvalue weighted by atomic mass is 9.85. The van der Waals surface area contributed by atoms with Crippen molar-refractivity contribution in [2.45, 2.75) is 45.7 Å². The molecule has 1 aromatic rings. The number of hydrogen-bond acceptors (Lipinski definition) is 5. The lowest BCUT2D eigenvalue weighted by molar-refractivity contribution is -0.139. The third-order valence-corrected chi connectivity index (χ3v) is 4.23. The van der Waals surface area contributed by atoms with Gasteiger partial charge in [-0.1, -0.05) is 6.92 Å². The van der Waals surface area contributed by atoms with Gasteiger partial charge in [0, 0.05) is 18.3 Å². The highest BCUT2D eigenvalue weighted by Gasteiger charge is 2.34. The molecule has 138 valence electrons. The van der Waals surface area contributed by atoms with E-state index in [4.69, 9.17) is 9.84 Å². The van der Waals surface area contributed by atoms with Crippen LogP contribution >= 0.6 is 0 Å². The van der Waals surface area contributed by atoms with Crippen molar-refractivity contribution in [1.82, 2.24) is 15.2 Å². The van der Waals surface area contributed by atoms with Gasteiger partial charge in [0.1, 0.15) is 5.69 Å². The number of carboxylic acids is 1. The number of nitrogens with one attached hydrogen (secondary N) is 2. The van der Waals surface area contributed by atoms with E-state index in [-0.39, 0.29) is 24.7 Å². The van der Waals surface area contributed by atoms with Crippen molar-refractivity contribution >= 4 is 17.7 Å². The van der Waals surface area contributed by atoms with Crippen LogP contribution in [0.15, 0.2) is 12.3 Å². The first-order valence-electron chi connectivity index (χ1n) is 8.55. The Kier molecular flexibility index (Phi) is 6.58. The predicted octanol–water partition coefficient (Wildman–Crippen LogP) is 1.85. The highest BCUT2D eigenvalue weighted by Crippen LogP contribution is 2.26. The molecule has 1 aliphatic rings. The topological polar surface area (TPSA) is 104 Å². The SMILES string of the molecule is CCOc1ncc(C)cc1NC(=O)NC1CC(N(CC)CC(=O)O)C1. The Morgan fingerprint density at radius 2 is 2.12 bits per heavy atom. The van der Waals surface area contributed by atoms with E-state index in [9.17, 15) is 9.59 Å². The summed E-state index contributed by atoms with van der Waals surface area (Å²) in [6, 6.07) is 1.75. The lowest BCUT2D eigenvalue weighted by Gasteiger charge is -2.42. The Balaban J connectivity index is 1.84. The number of ether oxygens (including phenoxy) is 1. The Morgan fingerprint density at radius 3 is 2.72 bits per heavy atom. The Morgan fingerprint density at radius 1 is 1.40 bits per heavy atom. The van der Waals surface area contributed by atoms with E-state index >= 15 is 0 Å². The van der Waals surface area contributed by atoms with E-state index in [1.807, 2.05) is 31.7 Å². The van der Waals surface area contributed by atoms with Gasteiger partial charge in [-0.05, 0) is 44.9 Å². The summed E-state index contributed by atoms with van der Waals surface area (Å²) in [6.07, 6.45) is 3.18.